The summed E-state index contributed by atoms with van der Waals surface area (Å²) in [6, 6.07) is 6.96. The van der Waals surface area contributed by atoms with Crippen LogP contribution in [0.5, 0.6) is 0 Å². The van der Waals surface area contributed by atoms with Crippen molar-refractivity contribution < 1.29 is 32.3 Å². The average Bonchev–Trinajstić information content (AvgIpc) is 2.92. The van der Waals surface area contributed by atoms with E-state index in [1.165, 1.54) is 53.2 Å². The minimum absolute atomic E-state index is 0.0757. The molecule has 0 saturated heterocycles. The van der Waals surface area contributed by atoms with E-state index in [2.05, 4.69) is 19.2 Å². The molecular formula is C30H39N3O8S. The average molecular weight is 602 g/mol. The first-order valence-electron chi connectivity index (χ1n) is 13.8. The molecule has 3 N–H and O–H groups in total. The fourth-order valence-corrected chi connectivity index (χ4v) is 4.63. The first kappa shape index (κ1) is 34.3. The van der Waals surface area contributed by atoms with Crippen LogP contribution in [0.2, 0.25) is 0 Å². The van der Waals surface area contributed by atoms with Crippen molar-refractivity contribution in [1.29, 1.82) is 0 Å². The van der Waals surface area contributed by atoms with Crippen molar-refractivity contribution in [3.05, 3.63) is 76.2 Å². The maximum Gasteiger partial charge on any atom is 0.330 e. The third-order valence-corrected chi connectivity index (χ3v) is 7.28. The lowest BCUT2D eigenvalue weighted by Crippen LogP contribution is -2.42. The Hall–Kier alpha value is -3.90. The molecule has 2 aromatic rings. The number of nitrogens with two attached hydrogens (primary N) is 1. The summed E-state index contributed by atoms with van der Waals surface area (Å²) in [5, 5.41) is 7.75. The number of rotatable bonds is 17. The second-order valence-corrected chi connectivity index (χ2v) is 11.8. The van der Waals surface area contributed by atoms with E-state index >= 15 is 0 Å². The Morgan fingerprint density at radius 1 is 1.07 bits per heavy atom. The fourth-order valence-electron chi connectivity index (χ4n) is 4.12. The van der Waals surface area contributed by atoms with E-state index in [1.54, 1.807) is 13.0 Å². The Morgan fingerprint density at radius 2 is 1.76 bits per heavy atom. The zero-order valence-corrected chi connectivity index (χ0v) is 25.0. The van der Waals surface area contributed by atoms with Crippen LogP contribution in [0, 0.1) is 5.92 Å². The fraction of sp³-hybridized carbons (Fsp3) is 0.433. The van der Waals surface area contributed by atoms with Crippen molar-refractivity contribution in [2.24, 2.45) is 11.1 Å². The lowest BCUT2D eigenvalue weighted by molar-refractivity contribution is -0.137. The number of pyridine rings is 1. The van der Waals surface area contributed by atoms with Crippen LogP contribution in [0.4, 0.5) is 0 Å². The van der Waals surface area contributed by atoms with Gasteiger partial charge in [0.1, 0.15) is 0 Å². The minimum atomic E-state index is -3.95. The number of primary sulfonamides is 1. The number of allylic oxidation sites excluding steroid dienone is 1. The molecule has 1 aromatic carbocycles. The second kappa shape index (κ2) is 16.5. The zero-order chi connectivity index (χ0) is 31.3. The monoisotopic (exact) mass is 601 g/mol. The topological polar surface area (TPSA) is 172 Å². The maximum atomic E-state index is 13.3. The van der Waals surface area contributed by atoms with E-state index in [9.17, 15) is 32.4 Å². The standard InChI is InChI=1S/C30H39N3O8S/c1-4-41-28(36)13-6-5-12-26(32-29(37)22-14-16-25(17-15-22)42(31,39)40)27(35)19-23-10-8-18-33(30(23)38)20-24(34)11-7-9-21(2)3/h6,8,10,13-18,21,26H,4-5,7,9,11-12,19-20H2,1-3H3,(H,32,37)(H2,31,39,40)/b13-6+/t26-/m0/s1. The number of hydrogen-bond acceptors (Lipinski definition) is 8. The number of nitrogens with one attached hydrogen (secondary N) is 1. The summed E-state index contributed by atoms with van der Waals surface area (Å²) in [6.45, 7) is 5.94. The van der Waals surface area contributed by atoms with Crippen LogP contribution in [-0.4, -0.2) is 49.1 Å². The zero-order valence-electron chi connectivity index (χ0n) is 24.2. The van der Waals surface area contributed by atoms with E-state index in [0.29, 0.717) is 12.3 Å². The summed E-state index contributed by atoms with van der Waals surface area (Å²) in [5.41, 5.74) is -0.189. The lowest BCUT2D eigenvalue weighted by atomic mass is 10.00. The molecule has 0 unspecified atom stereocenters. The van der Waals surface area contributed by atoms with E-state index in [4.69, 9.17) is 9.88 Å². The van der Waals surface area contributed by atoms with Crippen LogP contribution in [0.25, 0.3) is 0 Å². The van der Waals surface area contributed by atoms with Crippen molar-refractivity contribution in [1.82, 2.24) is 9.88 Å². The number of ether oxygens (including phenoxy) is 1. The molecule has 0 saturated carbocycles. The number of carbonyl (C=O) groups excluding carboxylic acids is 4. The Kier molecular flexibility index (Phi) is 13.5. The van der Waals surface area contributed by atoms with Gasteiger partial charge >= 0.3 is 5.97 Å². The van der Waals surface area contributed by atoms with Crippen LogP contribution >= 0.6 is 0 Å². The van der Waals surface area contributed by atoms with E-state index in [0.717, 1.165) is 12.8 Å². The number of aromatic nitrogens is 1. The normalized spacial score (nSPS) is 12.3. The third kappa shape index (κ3) is 11.5. The molecule has 1 aromatic heterocycles. The van der Waals surface area contributed by atoms with Crippen molar-refractivity contribution in [3.63, 3.8) is 0 Å². The van der Waals surface area contributed by atoms with Crippen LogP contribution < -0.4 is 16.0 Å². The van der Waals surface area contributed by atoms with Gasteiger partial charge in [0.05, 0.1) is 24.1 Å². The number of ketones is 2. The molecule has 2 rings (SSSR count). The molecular weight excluding hydrogens is 562 g/mol. The summed E-state index contributed by atoms with van der Waals surface area (Å²) in [6.07, 6.45) is 6.32. The van der Waals surface area contributed by atoms with Gasteiger partial charge in [-0.2, -0.15) is 0 Å². The maximum absolute atomic E-state index is 13.3. The van der Waals surface area contributed by atoms with Gasteiger partial charge in [-0.15, -0.1) is 0 Å². The number of esters is 1. The summed E-state index contributed by atoms with van der Waals surface area (Å²) in [4.78, 5) is 63.2. The van der Waals surface area contributed by atoms with Crippen molar-refractivity contribution >= 4 is 33.5 Å². The molecule has 0 aliphatic carbocycles. The highest BCUT2D eigenvalue weighted by molar-refractivity contribution is 7.89. The SMILES string of the molecule is CCOC(=O)/C=C/CC[C@H](NC(=O)c1ccc(S(N)(=O)=O)cc1)C(=O)Cc1cccn(CC(=O)CCCC(C)C)c1=O. The molecule has 0 bridgehead atoms. The molecule has 0 aliphatic rings. The molecule has 1 atom stereocenters. The van der Waals surface area contributed by atoms with Crippen molar-refractivity contribution in [2.45, 2.75) is 76.8 Å². The minimum Gasteiger partial charge on any atom is -0.463 e. The summed E-state index contributed by atoms with van der Waals surface area (Å²) in [5.74, 6) is -1.23. The molecule has 0 spiro atoms. The molecule has 0 aliphatic heterocycles. The predicted molar refractivity (Wildman–Crippen MR) is 157 cm³/mol. The van der Waals surface area contributed by atoms with E-state index in [1.807, 2.05) is 0 Å². The summed E-state index contributed by atoms with van der Waals surface area (Å²) < 4.78 is 29.2. The van der Waals surface area contributed by atoms with E-state index in [-0.39, 0.29) is 54.2 Å². The summed E-state index contributed by atoms with van der Waals surface area (Å²) >= 11 is 0. The first-order valence-corrected chi connectivity index (χ1v) is 15.4. The van der Waals surface area contributed by atoms with Crippen molar-refractivity contribution in [2.75, 3.05) is 6.61 Å². The predicted octanol–water partition coefficient (Wildman–Crippen LogP) is 2.70. The van der Waals surface area contributed by atoms with Gasteiger partial charge in [0.25, 0.3) is 11.5 Å². The molecule has 11 nitrogen and oxygen atoms in total. The number of Topliss-reactive ketones (excluding diaryl/α,β-unsaturated/α-hetero) is 2. The highest BCUT2D eigenvalue weighted by atomic mass is 32.2. The number of nitrogens with zero attached hydrogens (tertiary/aromatic N) is 1. The van der Waals surface area contributed by atoms with Gasteiger partial charge < -0.3 is 14.6 Å². The number of hydrogen-bond donors (Lipinski definition) is 2. The number of benzene rings is 1. The van der Waals surface area contributed by atoms with Crippen LogP contribution in [0.3, 0.4) is 0 Å². The first-order chi connectivity index (χ1) is 19.8. The second-order valence-electron chi connectivity index (χ2n) is 10.3. The van der Waals surface area contributed by atoms with E-state index < -0.39 is 39.3 Å². The highest BCUT2D eigenvalue weighted by Gasteiger charge is 2.23. The molecule has 12 heteroatoms. The van der Waals surface area contributed by atoms with Gasteiger partial charge in [0.15, 0.2) is 11.6 Å². The molecule has 42 heavy (non-hydrogen) atoms. The van der Waals surface area contributed by atoms with Gasteiger partial charge in [-0.1, -0.05) is 32.4 Å². The van der Waals surface area contributed by atoms with Gasteiger partial charge in [0, 0.05) is 36.2 Å². The number of amides is 1. The van der Waals surface area contributed by atoms with Gasteiger partial charge in [-0.05, 0) is 62.4 Å². The third-order valence-electron chi connectivity index (χ3n) is 6.35. The molecule has 1 heterocycles. The molecule has 0 radical (unpaired) electrons. The van der Waals surface area contributed by atoms with Crippen LogP contribution in [0.1, 0.15) is 68.8 Å². The Balaban J connectivity index is 2.19. The highest BCUT2D eigenvalue weighted by Crippen LogP contribution is 2.11. The Morgan fingerprint density at radius 3 is 2.38 bits per heavy atom. The number of sulfonamides is 1. The number of carbonyl (C=O) groups is 4. The molecule has 228 valence electrons. The quantitative estimate of drug-likeness (QED) is 0.206. The van der Waals surface area contributed by atoms with Crippen molar-refractivity contribution in [3.8, 4) is 0 Å². The largest absolute Gasteiger partial charge is 0.463 e. The molecule has 1 amide bonds. The van der Waals surface area contributed by atoms with Gasteiger partial charge in [-0.25, -0.2) is 18.4 Å². The summed E-state index contributed by atoms with van der Waals surface area (Å²) in [7, 11) is -3.95. The Labute approximate surface area is 246 Å². The lowest BCUT2D eigenvalue weighted by Gasteiger charge is -2.18. The van der Waals surface area contributed by atoms with Gasteiger partial charge in [0.2, 0.25) is 10.0 Å². The molecule has 0 fully saturated rings. The van der Waals surface area contributed by atoms with Crippen LogP contribution in [-0.2, 0) is 42.1 Å². The Bertz CT molecular complexity index is 1440. The smallest absolute Gasteiger partial charge is 0.330 e. The van der Waals surface area contributed by atoms with Crippen LogP contribution in [0.15, 0.2) is 64.4 Å². The van der Waals surface area contributed by atoms with Gasteiger partial charge in [-0.3, -0.25) is 19.2 Å².